The van der Waals surface area contributed by atoms with Gasteiger partial charge in [0, 0.05) is 7.05 Å². The van der Waals surface area contributed by atoms with E-state index >= 15 is 0 Å². The Hall–Kier alpha value is -1.26. The Labute approximate surface area is 71.5 Å². The zero-order valence-corrected chi connectivity index (χ0v) is 7.16. The van der Waals surface area contributed by atoms with E-state index < -0.39 is 5.97 Å². The molecule has 0 saturated heterocycles. The van der Waals surface area contributed by atoms with Gasteiger partial charge in [-0.1, -0.05) is 6.42 Å². The van der Waals surface area contributed by atoms with Crippen LogP contribution in [-0.4, -0.2) is 24.1 Å². The van der Waals surface area contributed by atoms with Gasteiger partial charge >= 0.3 is 5.97 Å². The number of aliphatic carboxylic acids is 1. The minimum Gasteiger partial charge on any atom is -0.481 e. The number of nitrogens with two attached hydrogens (primary N) is 2. The molecule has 0 amide bonds. The van der Waals surface area contributed by atoms with Gasteiger partial charge in [0.2, 0.25) is 0 Å². The topological polar surface area (TPSA) is 102 Å². The van der Waals surface area contributed by atoms with E-state index in [1.165, 1.54) is 7.05 Å². The highest BCUT2D eigenvalue weighted by Gasteiger charge is 2.23. The van der Waals surface area contributed by atoms with Crippen LogP contribution in [0.5, 0.6) is 0 Å². The highest BCUT2D eigenvalue weighted by Crippen LogP contribution is 2.25. The molecule has 1 fully saturated rings. The lowest BCUT2D eigenvalue weighted by Crippen LogP contribution is -2.21. The van der Waals surface area contributed by atoms with Crippen LogP contribution in [0.15, 0.2) is 4.99 Å². The first kappa shape index (κ1) is 10.7. The average molecular weight is 173 g/mol. The van der Waals surface area contributed by atoms with E-state index in [9.17, 15) is 4.79 Å². The molecule has 5 N–H and O–H groups in total. The summed E-state index contributed by atoms with van der Waals surface area (Å²) in [6, 6.07) is 0. The van der Waals surface area contributed by atoms with Crippen LogP contribution in [-0.2, 0) is 4.79 Å². The number of hydrogen-bond donors (Lipinski definition) is 3. The van der Waals surface area contributed by atoms with Gasteiger partial charge in [-0.2, -0.15) is 0 Å². The SMILES string of the molecule is CN=C(N)N.O=C(O)C1CCC1. The van der Waals surface area contributed by atoms with E-state index in [1.807, 2.05) is 0 Å². The second kappa shape index (κ2) is 5.40. The summed E-state index contributed by atoms with van der Waals surface area (Å²) in [7, 11) is 1.54. The molecule has 5 heteroatoms. The maximum atomic E-state index is 9.98. The van der Waals surface area contributed by atoms with Crippen LogP contribution >= 0.6 is 0 Å². The zero-order chi connectivity index (χ0) is 9.56. The molecular weight excluding hydrogens is 158 g/mol. The van der Waals surface area contributed by atoms with Crippen molar-refractivity contribution >= 4 is 11.9 Å². The molecule has 5 nitrogen and oxygen atoms in total. The molecule has 1 aliphatic rings. The van der Waals surface area contributed by atoms with Gasteiger partial charge in [0.05, 0.1) is 5.92 Å². The van der Waals surface area contributed by atoms with Crippen LogP contribution < -0.4 is 11.5 Å². The van der Waals surface area contributed by atoms with Crippen molar-refractivity contribution in [2.75, 3.05) is 7.05 Å². The Morgan fingerprint density at radius 1 is 1.50 bits per heavy atom. The van der Waals surface area contributed by atoms with Gasteiger partial charge in [-0.05, 0) is 12.8 Å². The van der Waals surface area contributed by atoms with Crippen LogP contribution in [0.2, 0.25) is 0 Å². The normalized spacial score (nSPS) is 15.1. The largest absolute Gasteiger partial charge is 0.481 e. The molecule has 0 atom stereocenters. The molecule has 0 heterocycles. The van der Waals surface area contributed by atoms with E-state index in [-0.39, 0.29) is 11.9 Å². The fraction of sp³-hybridized carbons (Fsp3) is 0.714. The van der Waals surface area contributed by atoms with Crippen molar-refractivity contribution < 1.29 is 9.90 Å². The molecule has 0 unspecified atom stereocenters. The highest BCUT2D eigenvalue weighted by atomic mass is 16.4. The summed E-state index contributed by atoms with van der Waals surface area (Å²) < 4.78 is 0. The fourth-order valence-electron chi connectivity index (χ4n) is 0.655. The summed E-state index contributed by atoms with van der Waals surface area (Å²) in [5, 5.41) is 8.23. The zero-order valence-electron chi connectivity index (χ0n) is 7.16. The second-order valence-electron chi connectivity index (χ2n) is 2.61. The summed E-state index contributed by atoms with van der Waals surface area (Å²) in [5.74, 6) is -0.490. The number of guanidine groups is 1. The van der Waals surface area contributed by atoms with Gasteiger partial charge in [-0.15, -0.1) is 0 Å². The van der Waals surface area contributed by atoms with E-state index in [2.05, 4.69) is 4.99 Å². The summed E-state index contributed by atoms with van der Waals surface area (Å²) >= 11 is 0. The molecule has 1 aliphatic carbocycles. The van der Waals surface area contributed by atoms with Gasteiger partial charge in [-0.3, -0.25) is 9.79 Å². The van der Waals surface area contributed by atoms with Gasteiger partial charge in [-0.25, -0.2) is 0 Å². The van der Waals surface area contributed by atoms with Gasteiger partial charge in [0.15, 0.2) is 5.96 Å². The first-order chi connectivity index (χ1) is 5.57. The summed E-state index contributed by atoms with van der Waals surface area (Å²) in [6.07, 6.45) is 2.90. The molecule has 12 heavy (non-hydrogen) atoms. The van der Waals surface area contributed by atoms with Crippen LogP contribution in [0.4, 0.5) is 0 Å². The summed E-state index contributed by atoms with van der Waals surface area (Å²) in [4.78, 5) is 13.3. The monoisotopic (exact) mass is 173 g/mol. The van der Waals surface area contributed by atoms with Crippen LogP contribution in [0, 0.1) is 5.92 Å². The fourth-order valence-corrected chi connectivity index (χ4v) is 0.655. The van der Waals surface area contributed by atoms with E-state index in [1.54, 1.807) is 0 Å². The molecule has 0 aromatic carbocycles. The number of rotatable bonds is 1. The third kappa shape index (κ3) is 4.54. The summed E-state index contributed by atoms with van der Waals surface area (Å²) in [5.41, 5.74) is 9.64. The van der Waals surface area contributed by atoms with Crippen LogP contribution in [0.25, 0.3) is 0 Å². The van der Waals surface area contributed by atoms with Gasteiger partial charge in [0.25, 0.3) is 0 Å². The first-order valence-corrected chi connectivity index (χ1v) is 3.78. The van der Waals surface area contributed by atoms with Crippen LogP contribution in [0.3, 0.4) is 0 Å². The third-order valence-corrected chi connectivity index (χ3v) is 1.71. The first-order valence-electron chi connectivity index (χ1n) is 3.78. The third-order valence-electron chi connectivity index (χ3n) is 1.71. The lowest BCUT2D eigenvalue weighted by atomic mass is 9.86. The molecular formula is C7H15N3O2. The number of carbonyl (C=O) groups is 1. The Morgan fingerprint density at radius 3 is 1.92 bits per heavy atom. The predicted molar refractivity (Wildman–Crippen MR) is 46.7 cm³/mol. The van der Waals surface area contributed by atoms with Crippen molar-refractivity contribution in [2.24, 2.45) is 22.4 Å². The number of aliphatic imine (C=N–C) groups is 1. The van der Waals surface area contributed by atoms with Gasteiger partial charge in [0.1, 0.15) is 0 Å². The highest BCUT2D eigenvalue weighted by molar-refractivity contribution is 5.75. The molecule has 1 rings (SSSR count). The van der Waals surface area contributed by atoms with Crippen molar-refractivity contribution in [3.05, 3.63) is 0 Å². The lowest BCUT2D eigenvalue weighted by Gasteiger charge is -2.19. The van der Waals surface area contributed by atoms with E-state index in [4.69, 9.17) is 16.6 Å². The summed E-state index contributed by atoms with van der Waals surface area (Å²) in [6.45, 7) is 0. The molecule has 0 radical (unpaired) electrons. The number of carboxylic acid groups (broad SMARTS) is 1. The number of nitrogens with zero attached hydrogens (tertiary/aromatic N) is 1. The molecule has 0 aromatic rings. The Bertz CT molecular complexity index is 171. The second-order valence-corrected chi connectivity index (χ2v) is 2.61. The average Bonchev–Trinajstić information content (AvgIpc) is 1.83. The van der Waals surface area contributed by atoms with Crippen molar-refractivity contribution in [3.63, 3.8) is 0 Å². The number of carboxylic acids is 1. The molecule has 0 spiro atoms. The quantitative estimate of drug-likeness (QED) is 0.376. The lowest BCUT2D eigenvalue weighted by molar-refractivity contribution is -0.144. The van der Waals surface area contributed by atoms with Crippen LogP contribution in [0.1, 0.15) is 19.3 Å². The maximum Gasteiger partial charge on any atom is 0.306 e. The molecule has 1 saturated carbocycles. The van der Waals surface area contributed by atoms with E-state index in [0.717, 1.165) is 19.3 Å². The minimum atomic E-state index is -0.619. The molecule has 0 bridgehead atoms. The Balaban J connectivity index is 0.000000217. The maximum absolute atomic E-state index is 9.98. The number of hydrogen-bond acceptors (Lipinski definition) is 2. The van der Waals surface area contributed by atoms with Crippen molar-refractivity contribution in [1.29, 1.82) is 0 Å². The Kier molecular flexibility index (Phi) is 4.83. The molecule has 70 valence electrons. The van der Waals surface area contributed by atoms with Crippen molar-refractivity contribution in [2.45, 2.75) is 19.3 Å². The predicted octanol–water partition coefficient (Wildman–Crippen LogP) is -0.239. The van der Waals surface area contributed by atoms with E-state index in [0.29, 0.717) is 0 Å². The van der Waals surface area contributed by atoms with Gasteiger partial charge < -0.3 is 16.6 Å². The van der Waals surface area contributed by atoms with Crippen molar-refractivity contribution in [3.8, 4) is 0 Å². The standard InChI is InChI=1S/C5H8O2.C2H7N3/c6-5(7)4-2-1-3-4;1-5-2(3)4/h4H,1-3H2,(H,6,7);1H3,(H4,3,4,5). The smallest absolute Gasteiger partial charge is 0.306 e. The molecule has 0 aliphatic heterocycles. The van der Waals surface area contributed by atoms with Crippen molar-refractivity contribution in [1.82, 2.24) is 0 Å². The minimum absolute atomic E-state index is 0.000000000000000444. The Morgan fingerprint density at radius 2 is 1.92 bits per heavy atom. The molecule has 0 aromatic heterocycles.